The van der Waals surface area contributed by atoms with Crippen molar-refractivity contribution in [1.29, 1.82) is 0 Å². The van der Waals surface area contributed by atoms with Crippen molar-refractivity contribution < 1.29 is 8.78 Å². The number of hydrogen-bond acceptors (Lipinski definition) is 3. The van der Waals surface area contributed by atoms with E-state index in [9.17, 15) is 8.78 Å². The predicted molar refractivity (Wildman–Crippen MR) is 102 cm³/mol. The van der Waals surface area contributed by atoms with E-state index in [0.717, 1.165) is 35.5 Å². The molecule has 1 N–H and O–H groups in total. The number of nitrogens with one attached hydrogen (secondary N) is 1. The van der Waals surface area contributed by atoms with Gasteiger partial charge in [-0.05, 0) is 43.5 Å². The summed E-state index contributed by atoms with van der Waals surface area (Å²) in [5.74, 6) is 1.17. The Kier molecular flexibility index (Phi) is 4.88. The fourth-order valence-corrected chi connectivity index (χ4v) is 3.42. The standard InChI is InChI=1S/C21H22F2N4/c1-14(16-7-10-18(21(22)23)24-12-16)25-17-8-5-15(6-9-17)19-13-27-11-3-2-4-20(27)26-19/h5-10,12-14,21,25H,2-4,11H2,1H3. The summed E-state index contributed by atoms with van der Waals surface area (Å²) in [6.45, 7) is 3.04. The van der Waals surface area contributed by atoms with Crippen LogP contribution in [0.3, 0.4) is 0 Å². The van der Waals surface area contributed by atoms with Gasteiger partial charge in [0.15, 0.2) is 0 Å². The zero-order valence-corrected chi connectivity index (χ0v) is 15.2. The number of halogens is 2. The SMILES string of the molecule is CC(Nc1ccc(-c2cn3c(n2)CCCC3)cc1)c1ccc(C(F)F)nc1. The Labute approximate surface area is 157 Å². The minimum absolute atomic E-state index is 0.0324. The van der Waals surface area contributed by atoms with Crippen molar-refractivity contribution in [2.45, 2.75) is 45.2 Å². The van der Waals surface area contributed by atoms with Crippen molar-refractivity contribution in [2.75, 3.05) is 5.32 Å². The molecular weight excluding hydrogens is 346 g/mol. The molecule has 3 heterocycles. The molecule has 3 aromatic rings. The molecule has 0 bridgehead atoms. The van der Waals surface area contributed by atoms with Gasteiger partial charge in [-0.3, -0.25) is 4.98 Å². The molecule has 1 aliphatic heterocycles. The lowest BCUT2D eigenvalue weighted by Gasteiger charge is -2.16. The molecule has 27 heavy (non-hydrogen) atoms. The van der Waals surface area contributed by atoms with Gasteiger partial charge in [-0.1, -0.05) is 18.2 Å². The van der Waals surface area contributed by atoms with Crippen molar-refractivity contribution in [1.82, 2.24) is 14.5 Å². The van der Waals surface area contributed by atoms with Gasteiger partial charge in [-0.2, -0.15) is 0 Å². The molecule has 0 spiro atoms. The summed E-state index contributed by atoms with van der Waals surface area (Å²) in [5.41, 5.74) is 3.74. The molecule has 2 aromatic heterocycles. The number of pyridine rings is 1. The van der Waals surface area contributed by atoms with Gasteiger partial charge in [0.05, 0.1) is 11.7 Å². The fourth-order valence-electron chi connectivity index (χ4n) is 3.42. The van der Waals surface area contributed by atoms with Crippen LogP contribution in [0, 0.1) is 0 Å². The number of imidazole rings is 1. The lowest BCUT2D eigenvalue weighted by atomic mass is 10.1. The van der Waals surface area contributed by atoms with Crippen LogP contribution in [-0.2, 0) is 13.0 Å². The van der Waals surface area contributed by atoms with E-state index in [-0.39, 0.29) is 11.7 Å². The van der Waals surface area contributed by atoms with E-state index in [4.69, 9.17) is 4.98 Å². The van der Waals surface area contributed by atoms with Crippen molar-refractivity contribution in [2.24, 2.45) is 0 Å². The highest BCUT2D eigenvalue weighted by Gasteiger charge is 2.14. The minimum Gasteiger partial charge on any atom is -0.378 e. The summed E-state index contributed by atoms with van der Waals surface area (Å²) in [6, 6.07) is 11.2. The Bertz CT molecular complexity index is 877. The summed E-state index contributed by atoms with van der Waals surface area (Å²) < 4.78 is 27.5. The second-order valence-corrected chi connectivity index (χ2v) is 6.95. The van der Waals surface area contributed by atoms with Crippen LogP contribution >= 0.6 is 0 Å². The van der Waals surface area contributed by atoms with E-state index in [2.05, 4.69) is 33.2 Å². The zero-order chi connectivity index (χ0) is 18.8. The largest absolute Gasteiger partial charge is 0.378 e. The van der Waals surface area contributed by atoms with Crippen LogP contribution in [0.25, 0.3) is 11.3 Å². The maximum absolute atomic E-state index is 12.6. The third kappa shape index (κ3) is 3.84. The Morgan fingerprint density at radius 2 is 1.89 bits per heavy atom. The molecule has 4 nitrogen and oxygen atoms in total. The first kappa shape index (κ1) is 17.6. The van der Waals surface area contributed by atoms with Crippen LogP contribution in [0.5, 0.6) is 0 Å². The van der Waals surface area contributed by atoms with Crippen LogP contribution in [0.15, 0.2) is 48.8 Å². The van der Waals surface area contributed by atoms with E-state index < -0.39 is 6.43 Å². The van der Waals surface area contributed by atoms with Gasteiger partial charge in [0.2, 0.25) is 0 Å². The average Bonchev–Trinajstić information content (AvgIpc) is 3.13. The van der Waals surface area contributed by atoms with Gasteiger partial charge in [-0.25, -0.2) is 13.8 Å². The fraction of sp³-hybridized carbons (Fsp3) is 0.333. The van der Waals surface area contributed by atoms with Crippen molar-refractivity contribution in [3.05, 3.63) is 65.9 Å². The highest BCUT2D eigenvalue weighted by Crippen LogP contribution is 2.26. The van der Waals surface area contributed by atoms with Crippen molar-refractivity contribution >= 4 is 5.69 Å². The Morgan fingerprint density at radius 3 is 2.56 bits per heavy atom. The molecule has 6 heteroatoms. The number of aryl methyl sites for hydroxylation is 2. The van der Waals surface area contributed by atoms with Gasteiger partial charge < -0.3 is 9.88 Å². The summed E-state index contributed by atoms with van der Waals surface area (Å²) in [6.07, 6.45) is 4.58. The number of benzene rings is 1. The van der Waals surface area contributed by atoms with Gasteiger partial charge in [0.25, 0.3) is 6.43 Å². The summed E-state index contributed by atoms with van der Waals surface area (Å²) in [7, 11) is 0. The van der Waals surface area contributed by atoms with Gasteiger partial charge in [0.1, 0.15) is 11.5 Å². The molecule has 1 unspecified atom stereocenters. The number of fused-ring (bicyclic) bond motifs is 1. The minimum atomic E-state index is -2.54. The first-order valence-corrected chi connectivity index (χ1v) is 9.27. The second-order valence-electron chi connectivity index (χ2n) is 6.95. The first-order chi connectivity index (χ1) is 13.1. The second kappa shape index (κ2) is 7.47. The monoisotopic (exact) mass is 368 g/mol. The maximum Gasteiger partial charge on any atom is 0.280 e. The molecule has 1 aliphatic rings. The van der Waals surface area contributed by atoms with E-state index >= 15 is 0 Å². The van der Waals surface area contributed by atoms with E-state index in [0.29, 0.717) is 0 Å². The molecule has 0 amide bonds. The predicted octanol–water partition coefficient (Wildman–Crippen LogP) is 5.39. The molecule has 0 fully saturated rings. The molecule has 1 atom stereocenters. The zero-order valence-electron chi connectivity index (χ0n) is 15.2. The maximum atomic E-state index is 12.6. The quantitative estimate of drug-likeness (QED) is 0.656. The Balaban J connectivity index is 1.45. The van der Waals surface area contributed by atoms with Gasteiger partial charge in [-0.15, -0.1) is 0 Å². The van der Waals surface area contributed by atoms with E-state index in [1.807, 2.05) is 19.1 Å². The van der Waals surface area contributed by atoms with E-state index in [1.54, 1.807) is 6.07 Å². The van der Waals surface area contributed by atoms with Crippen LogP contribution in [0.4, 0.5) is 14.5 Å². The molecule has 0 saturated carbocycles. The van der Waals surface area contributed by atoms with Gasteiger partial charge >= 0.3 is 0 Å². The molecule has 140 valence electrons. The van der Waals surface area contributed by atoms with Crippen LogP contribution in [0.2, 0.25) is 0 Å². The number of anilines is 1. The molecular formula is C21H22F2N4. The number of alkyl halides is 2. The summed E-state index contributed by atoms with van der Waals surface area (Å²) in [4.78, 5) is 8.58. The van der Waals surface area contributed by atoms with Crippen LogP contribution in [-0.4, -0.2) is 14.5 Å². The summed E-state index contributed by atoms with van der Waals surface area (Å²) >= 11 is 0. The molecule has 1 aromatic carbocycles. The number of rotatable bonds is 5. The van der Waals surface area contributed by atoms with Crippen LogP contribution < -0.4 is 5.32 Å². The average molecular weight is 368 g/mol. The lowest BCUT2D eigenvalue weighted by molar-refractivity contribution is 0.146. The molecule has 0 radical (unpaired) electrons. The summed E-state index contributed by atoms with van der Waals surface area (Å²) in [5, 5.41) is 3.38. The lowest BCUT2D eigenvalue weighted by Crippen LogP contribution is -2.08. The number of nitrogens with zero attached hydrogens (tertiary/aromatic N) is 3. The molecule has 0 saturated heterocycles. The molecule has 0 aliphatic carbocycles. The third-order valence-corrected chi connectivity index (χ3v) is 5.01. The Hall–Kier alpha value is -2.76. The normalized spacial score (nSPS) is 14.8. The highest BCUT2D eigenvalue weighted by molar-refractivity contribution is 5.62. The first-order valence-electron chi connectivity index (χ1n) is 9.27. The number of aromatic nitrogens is 3. The Morgan fingerprint density at radius 1 is 1.07 bits per heavy atom. The van der Waals surface area contributed by atoms with E-state index in [1.165, 1.54) is 30.9 Å². The smallest absolute Gasteiger partial charge is 0.280 e. The highest BCUT2D eigenvalue weighted by atomic mass is 19.3. The van der Waals surface area contributed by atoms with Gasteiger partial charge in [0, 0.05) is 36.6 Å². The molecule has 4 rings (SSSR count). The van der Waals surface area contributed by atoms with Crippen molar-refractivity contribution in [3.8, 4) is 11.3 Å². The van der Waals surface area contributed by atoms with Crippen molar-refractivity contribution in [3.63, 3.8) is 0 Å². The van der Waals surface area contributed by atoms with Crippen LogP contribution in [0.1, 0.15) is 49.3 Å². The third-order valence-electron chi connectivity index (χ3n) is 5.01. The topological polar surface area (TPSA) is 42.7 Å². The number of hydrogen-bond donors (Lipinski definition) is 1.